The van der Waals surface area contributed by atoms with Crippen LogP contribution in [0.3, 0.4) is 0 Å². The Morgan fingerprint density at radius 2 is 2.08 bits per heavy atom. The minimum absolute atomic E-state index is 0.203. The number of alkyl halides is 1. The lowest BCUT2D eigenvalue weighted by molar-refractivity contribution is 0.585. The predicted octanol–water partition coefficient (Wildman–Crippen LogP) is 3.94. The number of aromatic nitrogens is 1. The number of nitrogens with zero attached hydrogens (tertiary/aromatic N) is 1. The highest BCUT2D eigenvalue weighted by Gasteiger charge is 2.18. The Balaban J connectivity index is 2.92. The molecule has 1 nitrogen and oxygen atoms in total. The molecule has 0 amide bonds. The fourth-order valence-corrected chi connectivity index (χ4v) is 2.26. The summed E-state index contributed by atoms with van der Waals surface area (Å²) in [6, 6.07) is 0. The van der Waals surface area contributed by atoms with Gasteiger partial charge in [-0.25, -0.2) is 4.98 Å². The Bertz CT molecular complexity index is 260. The Hall–Kier alpha value is 0.360. The molecule has 1 heterocycles. The van der Waals surface area contributed by atoms with Gasteiger partial charge in [-0.2, -0.15) is 0 Å². The maximum absolute atomic E-state index is 4.42. The SMILES string of the molecule is CC(I)c1cnc(C(C)(C)C)s1. The summed E-state index contributed by atoms with van der Waals surface area (Å²) in [4.78, 5) is 5.80. The molecule has 0 bridgehead atoms. The van der Waals surface area contributed by atoms with Crippen molar-refractivity contribution in [2.45, 2.75) is 37.0 Å². The van der Waals surface area contributed by atoms with E-state index >= 15 is 0 Å². The van der Waals surface area contributed by atoms with E-state index in [9.17, 15) is 0 Å². The number of rotatable bonds is 1. The van der Waals surface area contributed by atoms with Crippen molar-refractivity contribution in [2.75, 3.05) is 0 Å². The van der Waals surface area contributed by atoms with Gasteiger partial charge in [-0.05, 0) is 6.92 Å². The summed E-state index contributed by atoms with van der Waals surface area (Å²) in [6.45, 7) is 8.80. The molecule has 0 aliphatic heterocycles. The zero-order chi connectivity index (χ0) is 9.35. The van der Waals surface area contributed by atoms with Crippen LogP contribution in [-0.2, 0) is 5.41 Å². The smallest absolute Gasteiger partial charge is 0.0981 e. The lowest BCUT2D eigenvalue weighted by Gasteiger charge is -2.13. The molecule has 1 aromatic heterocycles. The first kappa shape index (κ1) is 10.4. The van der Waals surface area contributed by atoms with Crippen molar-refractivity contribution in [3.05, 3.63) is 16.1 Å². The normalized spacial score (nSPS) is 14.8. The quantitative estimate of drug-likeness (QED) is 0.565. The summed E-state index contributed by atoms with van der Waals surface area (Å²) in [5, 5.41) is 1.24. The third kappa shape index (κ3) is 2.42. The molecule has 0 saturated heterocycles. The molecular formula is C9H14INS. The Morgan fingerprint density at radius 1 is 1.50 bits per heavy atom. The molecule has 3 heteroatoms. The van der Waals surface area contributed by atoms with E-state index < -0.39 is 0 Å². The van der Waals surface area contributed by atoms with Gasteiger partial charge < -0.3 is 0 Å². The first-order valence-corrected chi connectivity index (χ1v) is 6.08. The highest BCUT2D eigenvalue weighted by molar-refractivity contribution is 14.1. The van der Waals surface area contributed by atoms with Crippen LogP contribution in [0.4, 0.5) is 0 Å². The maximum atomic E-state index is 4.42. The van der Waals surface area contributed by atoms with E-state index in [4.69, 9.17) is 0 Å². The standard InChI is InChI=1S/C9H14INS/c1-6(10)7-5-11-8(12-7)9(2,3)4/h5-6H,1-4H3. The molecule has 68 valence electrons. The highest BCUT2D eigenvalue weighted by atomic mass is 127. The molecule has 1 unspecified atom stereocenters. The summed E-state index contributed by atoms with van der Waals surface area (Å²) in [6.07, 6.45) is 2.00. The van der Waals surface area contributed by atoms with Crippen molar-refractivity contribution in [2.24, 2.45) is 0 Å². The third-order valence-corrected chi connectivity index (χ3v) is 4.26. The van der Waals surface area contributed by atoms with Crippen molar-refractivity contribution in [1.82, 2.24) is 4.98 Å². The van der Waals surface area contributed by atoms with Crippen molar-refractivity contribution in [1.29, 1.82) is 0 Å². The summed E-state index contributed by atoms with van der Waals surface area (Å²) >= 11 is 4.25. The van der Waals surface area contributed by atoms with Crippen LogP contribution in [0.25, 0.3) is 0 Å². The zero-order valence-electron chi connectivity index (χ0n) is 7.89. The van der Waals surface area contributed by atoms with E-state index in [0.717, 1.165) is 0 Å². The first-order valence-electron chi connectivity index (χ1n) is 4.01. The number of hydrogen-bond donors (Lipinski definition) is 0. The Morgan fingerprint density at radius 3 is 2.33 bits per heavy atom. The average Bonchev–Trinajstić information content (AvgIpc) is 2.30. The van der Waals surface area contributed by atoms with Crippen LogP contribution < -0.4 is 0 Å². The van der Waals surface area contributed by atoms with Gasteiger partial charge in [-0.1, -0.05) is 43.4 Å². The molecule has 0 aliphatic rings. The van der Waals surface area contributed by atoms with Gasteiger partial charge in [0.25, 0.3) is 0 Å². The van der Waals surface area contributed by atoms with Crippen LogP contribution in [-0.4, -0.2) is 4.98 Å². The molecule has 1 aromatic rings. The van der Waals surface area contributed by atoms with Gasteiger partial charge in [0.2, 0.25) is 0 Å². The second-order valence-corrected chi connectivity index (χ2v) is 6.86. The van der Waals surface area contributed by atoms with E-state index in [1.807, 2.05) is 17.5 Å². The number of thiazole rings is 1. The molecule has 12 heavy (non-hydrogen) atoms. The first-order chi connectivity index (χ1) is 5.41. The second-order valence-electron chi connectivity index (χ2n) is 3.93. The van der Waals surface area contributed by atoms with Crippen molar-refractivity contribution in [3.8, 4) is 0 Å². The van der Waals surface area contributed by atoms with E-state index in [-0.39, 0.29) is 5.41 Å². The van der Waals surface area contributed by atoms with Gasteiger partial charge >= 0.3 is 0 Å². The van der Waals surface area contributed by atoms with E-state index in [2.05, 4.69) is 55.3 Å². The van der Waals surface area contributed by atoms with Crippen LogP contribution in [0.1, 0.15) is 41.5 Å². The monoisotopic (exact) mass is 295 g/mol. The number of hydrogen-bond acceptors (Lipinski definition) is 2. The van der Waals surface area contributed by atoms with Gasteiger partial charge in [-0.15, -0.1) is 11.3 Å². The molecule has 1 rings (SSSR count). The molecule has 0 aliphatic carbocycles. The van der Waals surface area contributed by atoms with Gasteiger partial charge in [0.15, 0.2) is 0 Å². The second kappa shape index (κ2) is 3.62. The van der Waals surface area contributed by atoms with E-state index in [0.29, 0.717) is 3.92 Å². The summed E-state index contributed by atoms with van der Waals surface area (Å²) in [7, 11) is 0. The van der Waals surface area contributed by atoms with Crippen molar-refractivity contribution < 1.29 is 0 Å². The Kier molecular flexibility index (Phi) is 3.15. The largest absolute Gasteiger partial charge is 0.249 e. The molecule has 0 saturated carbocycles. The third-order valence-electron chi connectivity index (χ3n) is 1.56. The lowest BCUT2D eigenvalue weighted by atomic mass is 9.98. The van der Waals surface area contributed by atoms with E-state index in [1.54, 1.807) is 0 Å². The molecule has 0 fully saturated rings. The Labute approximate surface area is 91.7 Å². The molecule has 0 radical (unpaired) electrons. The molecule has 0 N–H and O–H groups in total. The van der Waals surface area contributed by atoms with Crippen LogP contribution in [0.2, 0.25) is 0 Å². The molecule has 0 aromatic carbocycles. The summed E-state index contributed by atoms with van der Waals surface area (Å²) in [5.41, 5.74) is 0.203. The minimum atomic E-state index is 0.203. The van der Waals surface area contributed by atoms with Crippen molar-refractivity contribution in [3.63, 3.8) is 0 Å². The maximum Gasteiger partial charge on any atom is 0.0981 e. The van der Waals surface area contributed by atoms with Crippen LogP contribution >= 0.6 is 33.9 Å². The van der Waals surface area contributed by atoms with Gasteiger partial charge in [0.05, 0.1) is 5.01 Å². The molecule has 1 atom stereocenters. The van der Waals surface area contributed by atoms with Crippen LogP contribution in [0, 0.1) is 0 Å². The summed E-state index contributed by atoms with van der Waals surface area (Å²) < 4.78 is 0.580. The van der Waals surface area contributed by atoms with Gasteiger partial charge in [-0.3, -0.25) is 0 Å². The van der Waals surface area contributed by atoms with Crippen molar-refractivity contribution >= 4 is 33.9 Å². The van der Waals surface area contributed by atoms with E-state index in [1.165, 1.54) is 9.88 Å². The van der Waals surface area contributed by atoms with Gasteiger partial charge in [0, 0.05) is 20.4 Å². The average molecular weight is 295 g/mol. The molecule has 0 spiro atoms. The minimum Gasteiger partial charge on any atom is -0.249 e. The van der Waals surface area contributed by atoms with Crippen LogP contribution in [0.5, 0.6) is 0 Å². The fourth-order valence-electron chi connectivity index (χ4n) is 0.817. The molecular weight excluding hydrogens is 281 g/mol. The lowest BCUT2D eigenvalue weighted by Crippen LogP contribution is -2.09. The topological polar surface area (TPSA) is 12.9 Å². The predicted molar refractivity (Wildman–Crippen MR) is 63.2 cm³/mol. The highest BCUT2D eigenvalue weighted by Crippen LogP contribution is 2.32. The fraction of sp³-hybridized carbons (Fsp3) is 0.667. The van der Waals surface area contributed by atoms with Crippen LogP contribution in [0.15, 0.2) is 6.20 Å². The van der Waals surface area contributed by atoms with Gasteiger partial charge in [0.1, 0.15) is 0 Å². The number of halogens is 1. The summed E-state index contributed by atoms with van der Waals surface area (Å²) in [5.74, 6) is 0. The zero-order valence-corrected chi connectivity index (χ0v) is 10.9.